The monoisotopic (exact) mass is 916 g/mol. The molecule has 1 radical (unpaired) electrons. The molecule has 3 heterocycles. The van der Waals surface area contributed by atoms with E-state index in [1.807, 2.05) is 51.1 Å². The summed E-state index contributed by atoms with van der Waals surface area (Å²) in [6.07, 6.45) is 0.269. The second kappa shape index (κ2) is 15.3. The van der Waals surface area contributed by atoms with Gasteiger partial charge in [0.1, 0.15) is 5.58 Å². The zero-order chi connectivity index (χ0) is 41.9. The summed E-state index contributed by atoms with van der Waals surface area (Å²) in [5.41, 5.74) is 8.74. The molecule has 8 aromatic rings. The molecule has 1 unspecified atom stereocenters. The molecule has 5 heteroatoms. The zero-order valence-electron chi connectivity index (χ0n) is 36.9. The van der Waals surface area contributed by atoms with E-state index in [1.54, 1.807) is 18.3 Å². The number of aromatic nitrogens is 1. The molecule has 0 N–H and O–H groups in total. The fourth-order valence-corrected chi connectivity index (χ4v) is 8.67. The van der Waals surface area contributed by atoms with E-state index in [0.717, 1.165) is 44.1 Å². The van der Waals surface area contributed by atoms with Gasteiger partial charge in [0.15, 0.2) is 0 Å². The third-order valence-electron chi connectivity index (χ3n) is 9.77. The molecule has 2 aromatic heterocycles. The number of aryl methyl sites for hydroxylation is 1. The zero-order valence-corrected chi connectivity index (χ0v) is 35.3. The van der Waals surface area contributed by atoms with Crippen LogP contribution < -0.4 is 5.19 Å². The van der Waals surface area contributed by atoms with Crippen molar-refractivity contribution in [3.63, 3.8) is 0 Å². The quantitative estimate of drug-likeness (QED) is 0.127. The Balaban J connectivity index is 0.000000182. The molecule has 0 fully saturated rings. The minimum absolute atomic E-state index is 0. The van der Waals surface area contributed by atoms with E-state index in [2.05, 4.69) is 116 Å². The van der Waals surface area contributed by atoms with Gasteiger partial charge in [0.25, 0.3) is 0 Å². The second-order valence-corrected chi connectivity index (χ2v) is 21.1. The molecule has 1 aliphatic heterocycles. The summed E-state index contributed by atoms with van der Waals surface area (Å²) in [5.74, 6) is 0.0332. The van der Waals surface area contributed by atoms with Crippen molar-refractivity contribution in [3.8, 4) is 11.3 Å². The minimum atomic E-state index is -2.17. The van der Waals surface area contributed by atoms with E-state index in [9.17, 15) is 0 Å². The molecule has 0 aliphatic carbocycles. The second-order valence-electron chi connectivity index (χ2n) is 16.0. The van der Waals surface area contributed by atoms with E-state index in [0.29, 0.717) is 16.8 Å². The molecule has 6 aromatic carbocycles. The Bertz CT molecular complexity index is 2890. The van der Waals surface area contributed by atoms with Crippen LogP contribution in [0.4, 0.5) is 5.69 Å². The average molecular weight is 916 g/mol. The predicted octanol–water partition coefficient (Wildman–Crippen LogP) is 12.8. The molecule has 55 heavy (non-hydrogen) atoms. The normalized spacial score (nSPS) is 15.8. The topological polar surface area (TPSA) is 38.4 Å². The van der Waals surface area contributed by atoms with Gasteiger partial charge in [0, 0.05) is 44.5 Å². The number of hydrogen-bond acceptors (Lipinski definition) is 3. The summed E-state index contributed by atoms with van der Waals surface area (Å²) < 4.78 is 46.4. The summed E-state index contributed by atoms with van der Waals surface area (Å²) in [6, 6.07) is 48.9. The van der Waals surface area contributed by atoms with E-state index >= 15 is 0 Å². The van der Waals surface area contributed by atoms with Crippen molar-refractivity contribution in [2.45, 2.75) is 59.6 Å². The summed E-state index contributed by atoms with van der Waals surface area (Å²) in [7, 11) is -1.81. The largest absolute Gasteiger partial charge is 0.501 e. The van der Waals surface area contributed by atoms with Crippen LogP contribution in [-0.4, -0.2) is 18.8 Å². The van der Waals surface area contributed by atoms with Crippen LogP contribution in [-0.2, 0) is 26.5 Å². The van der Waals surface area contributed by atoms with Gasteiger partial charge in [-0.3, -0.25) is 4.99 Å². The SMILES string of the molecule is [2H]C([2H])([2H])c1c[c-]c(-c2cc(C([2H])([2H])C(C)(C)C)c([Si](C)(C)C)cn2)cc1.[Ir].[c-]1ccc2c(oc3ccccc32)c1C1=Nc2ccccc2C1c1ccc2ccccc2c1. The van der Waals surface area contributed by atoms with Gasteiger partial charge in [-0.25, -0.2) is 0 Å². The van der Waals surface area contributed by atoms with Gasteiger partial charge in [0.2, 0.25) is 0 Å². The van der Waals surface area contributed by atoms with Gasteiger partial charge >= 0.3 is 0 Å². The van der Waals surface area contributed by atoms with Gasteiger partial charge in [-0.2, -0.15) is 0 Å². The molecule has 0 bridgehead atoms. The summed E-state index contributed by atoms with van der Waals surface area (Å²) in [4.78, 5) is 9.67. The first-order chi connectivity index (χ1) is 27.9. The molecule has 0 saturated heterocycles. The Hall–Kier alpha value is -4.93. The van der Waals surface area contributed by atoms with Crippen molar-refractivity contribution in [1.29, 1.82) is 0 Å². The number of benzene rings is 6. The molecule has 1 aliphatic rings. The predicted molar refractivity (Wildman–Crippen MR) is 230 cm³/mol. The molecule has 0 saturated carbocycles. The Kier molecular flexibility index (Phi) is 8.99. The number of rotatable bonds is 5. The molecule has 0 spiro atoms. The van der Waals surface area contributed by atoms with Crippen molar-refractivity contribution in [1.82, 2.24) is 4.98 Å². The number of pyridine rings is 1. The van der Waals surface area contributed by atoms with Crippen molar-refractivity contribution in [2.75, 3.05) is 0 Å². The minimum Gasteiger partial charge on any atom is -0.501 e. The van der Waals surface area contributed by atoms with Gasteiger partial charge in [-0.15, -0.1) is 53.6 Å². The standard InChI is InChI=1S/C30H18NO.C20H28NSi.Ir/c1-2-9-20-18-21(17-16-19(20)8-1)28-24-11-3-5-14-26(24)31-29(28)25-13-7-12-23-22-10-4-6-15-27(22)32-30(23)25;1-15-8-10-16(11-9-15)18-12-17(13-20(2,3)4)19(14-21-18)22(5,6)7;/h1-12,14-18,28H;8-10,12,14H,13H2,1-7H3;/q2*-1;/i;1D3,13D2;. The number of nitrogens with zero attached hydrogens (tertiary/aromatic N) is 2. The van der Waals surface area contributed by atoms with Crippen LogP contribution in [0.2, 0.25) is 19.6 Å². The first-order valence-corrected chi connectivity index (χ1v) is 21.9. The van der Waals surface area contributed by atoms with Gasteiger partial charge in [0.05, 0.1) is 19.3 Å². The van der Waals surface area contributed by atoms with Crippen LogP contribution in [0.5, 0.6) is 0 Å². The van der Waals surface area contributed by atoms with Crippen molar-refractivity contribution in [3.05, 3.63) is 174 Å². The Morgan fingerprint density at radius 3 is 2.35 bits per heavy atom. The maximum Gasteiger partial charge on any atom is 0.120 e. The number of hydrogen-bond donors (Lipinski definition) is 0. The van der Waals surface area contributed by atoms with Gasteiger partial charge in [-0.1, -0.05) is 149 Å². The third kappa shape index (κ3) is 7.93. The Morgan fingerprint density at radius 2 is 1.58 bits per heavy atom. The van der Waals surface area contributed by atoms with Crippen LogP contribution in [0.15, 0.2) is 143 Å². The summed E-state index contributed by atoms with van der Waals surface area (Å²) in [6.45, 7) is 10.1. The van der Waals surface area contributed by atoms with Crippen molar-refractivity contribution < 1.29 is 31.4 Å². The van der Waals surface area contributed by atoms with E-state index in [-0.39, 0.29) is 31.6 Å². The molecule has 277 valence electrons. The smallest absolute Gasteiger partial charge is 0.120 e. The van der Waals surface area contributed by atoms with Crippen LogP contribution >= 0.6 is 0 Å². The van der Waals surface area contributed by atoms with E-state index < -0.39 is 26.7 Å². The third-order valence-corrected chi connectivity index (χ3v) is 11.8. The van der Waals surface area contributed by atoms with Crippen LogP contribution in [0.3, 0.4) is 0 Å². The summed E-state index contributed by atoms with van der Waals surface area (Å²) in [5, 5.41) is 5.71. The Labute approximate surface area is 347 Å². The van der Waals surface area contributed by atoms with Crippen LogP contribution in [0, 0.1) is 24.4 Å². The fourth-order valence-electron chi connectivity index (χ4n) is 7.27. The average Bonchev–Trinajstić information content (AvgIpc) is 3.79. The molecule has 1 atom stereocenters. The van der Waals surface area contributed by atoms with Crippen molar-refractivity contribution >= 4 is 57.4 Å². The fraction of sp³-hybridized carbons (Fsp3) is 0.200. The number of fused-ring (bicyclic) bond motifs is 5. The van der Waals surface area contributed by atoms with Crippen LogP contribution in [0.25, 0.3) is 44.0 Å². The first kappa shape index (κ1) is 32.3. The maximum absolute atomic E-state index is 8.79. The molecular weight excluding hydrogens is 865 g/mol. The first-order valence-electron chi connectivity index (χ1n) is 20.9. The molecule has 0 amide bonds. The molecule has 3 nitrogen and oxygen atoms in total. The number of furan rings is 1. The molecular formula is C50H46IrN2OSi-2. The van der Waals surface area contributed by atoms with Crippen molar-refractivity contribution in [2.24, 2.45) is 10.4 Å². The number of aliphatic imine (C=N–C) groups is 1. The van der Waals surface area contributed by atoms with E-state index in [1.165, 1.54) is 28.0 Å². The number of para-hydroxylation sites is 2. The summed E-state index contributed by atoms with van der Waals surface area (Å²) >= 11 is 0. The maximum atomic E-state index is 8.79. The van der Waals surface area contributed by atoms with E-state index in [4.69, 9.17) is 16.3 Å². The Morgan fingerprint density at radius 1 is 0.818 bits per heavy atom. The van der Waals surface area contributed by atoms with Gasteiger partial charge < -0.3 is 9.40 Å². The molecule has 9 rings (SSSR count). The van der Waals surface area contributed by atoms with Gasteiger partial charge in [-0.05, 0) is 62.4 Å². The van der Waals surface area contributed by atoms with Crippen LogP contribution in [0.1, 0.15) is 61.4 Å².